The van der Waals surface area contributed by atoms with Crippen molar-refractivity contribution in [2.45, 2.75) is 24.2 Å². The fraction of sp³-hybridized carbons (Fsp3) is 0.250. The molecule has 4 rings (SSSR count). The van der Waals surface area contributed by atoms with Crippen LogP contribution in [0.1, 0.15) is 19.3 Å². The molecule has 2 heterocycles. The zero-order chi connectivity index (χ0) is 18.9. The number of nitrogens with zero attached hydrogens (tertiary/aromatic N) is 2. The molecule has 1 aromatic heterocycles. The van der Waals surface area contributed by atoms with Gasteiger partial charge in [-0.15, -0.1) is 11.3 Å². The van der Waals surface area contributed by atoms with Crippen LogP contribution in [0.2, 0.25) is 0 Å². The number of rotatable bonds is 4. The molecule has 3 aromatic rings. The lowest BCUT2D eigenvalue weighted by molar-refractivity contribution is 0.346. The van der Waals surface area contributed by atoms with Crippen molar-refractivity contribution in [2.75, 3.05) is 13.1 Å². The van der Waals surface area contributed by atoms with Crippen molar-refractivity contribution in [3.05, 3.63) is 53.9 Å². The van der Waals surface area contributed by atoms with Crippen LogP contribution in [-0.4, -0.2) is 35.9 Å². The van der Waals surface area contributed by atoms with E-state index in [0.717, 1.165) is 41.1 Å². The maximum atomic E-state index is 12.7. The quantitative estimate of drug-likeness (QED) is 0.706. The Morgan fingerprint density at radius 3 is 2.19 bits per heavy atom. The van der Waals surface area contributed by atoms with E-state index in [1.165, 1.54) is 11.3 Å². The van der Waals surface area contributed by atoms with Gasteiger partial charge in [0.25, 0.3) is 0 Å². The van der Waals surface area contributed by atoms with Crippen LogP contribution >= 0.6 is 11.3 Å². The van der Waals surface area contributed by atoms with Gasteiger partial charge >= 0.3 is 0 Å². The first-order valence-electron chi connectivity index (χ1n) is 8.89. The smallest absolute Gasteiger partial charge is 0.243 e. The Morgan fingerprint density at radius 2 is 1.52 bits per heavy atom. The fourth-order valence-corrected chi connectivity index (χ4v) is 5.55. The van der Waals surface area contributed by atoms with E-state index in [2.05, 4.69) is 4.98 Å². The van der Waals surface area contributed by atoms with Crippen molar-refractivity contribution in [2.24, 2.45) is 0 Å². The standard InChI is InChI=1S/C20H20N2O3S2/c23-17-8-4-16(5-9-17)20-21-19(14-26-20)15-6-10-18(11-7-15)27(24,25)22-12-2-1-3-13-22/h4-11,14,23H,1-3,12-13H2. The molecule has 1 aliphatic heterocycles. The molecule has 27 heavy (non-hydrogen) atoms. The van der Waals surface area contributed by atoms with Crippen molar-refractivity contribution in [3.8, 4) is 27.6 Å². The van der Waals surface area contributed by atoms with Gasteiger partial charge < -0.3 is 5.11 Å². The van der Waals surface area contributed by atoms with Crippen molar-refractivity contribution in [1.29, 1.82) is 0 Å². The average molecular weight is 401 g/mol. The molecule has 5 nitrogen and oxygen atoms in total. The highest BCUT2D eigenvalue weighted by atomic mass is 32.2. The molecule has 0 unspecified atom stereocenters. The van der Waals surface area contributed by atoms with Crippen LogP contribution < -0.4 is 0 Å². The third kappa shape index (κ3) is 3.76. The summed E-state index contributed by atoms with van der Waals surface area (Å²) in [7, 11) is -3.41. The van der Waals surface area contributed by atoms with Gasteiger partial charge in [-0.1, -0.05) is 18.6 Å². The van der Waals surface area contributed by atoms with Crippen LogP contribution in [-0.2, 0) is 10.0 Å². The highest BCUT2D eigenvalue weighted by Crippen LogP contribution is 2.30. The number of piperidine rings is 1. The predicted molar refractivity (Wildman–Crippen MR) is 107 cm³/mol. The van der Waals surface area contributed by atoms with E-state index in [4.69, 9.17) is 0 Å². The maximum Gasteiger partial charge on any atom is 0.243 e. The number of sulfonamides is 1. The molecule has 2 aromatic carbocycles. The third-order valence-corrected chi connectivity index (χ3v) is 7.53. The van der Waals surface area contributed by atoms with Gasteiger partial charge in [-0.25, -0.2) is 13.4 Å². The van der Waals surface area contributed by atoms with Crippen LogP contribution in [0.25, 0.3) is 21.8 Å². The molecule has 0 amide bonds. The summed E-state index contributed by atoms with van der Waals surface area (Å²) in [5.41, 5.74) is 2.63. The van der Waals surface area contributed by atoms with Gasteiger partial charge in [0.1, 0.15) is 10.8 Å². The Morgan fingerprint density at radius 1 is 0.889 bits per heavy atom. The lowest BCUT2D eigenvalue weighted by Crippen LogP contribution is -2.35. The molecule has 1 saturated heterocycles. The Labute approximate surface area is 163 Å². The summed E-state index contributed by atoms with van der Waals surface area (Å²) < 4.78 is 27.1. The molecule has 0 saturated carbocycles. The monoisotopic (exact) mass is 400 g/mol. The number of aromatic nitrogens is 1. The van der Waals surface area contributed by atoms with Gasteiger partial charge in [0, 0.05) is 29.6 Å². The Bertz CT molecular complexity index is 1020. The highest BCUT2D eigenvalue weighted by Gasteiger charge is 2.25. The summed E-state index contributed by atoms with van der Waals surface area (Å²) in [6.45, 7) is 1.21. The van der Waals surface area contributed by atoms with Crippen molar-refractivity contribution >= 4 is 21.4 Å². The summed E-state index contributed by atoms with van der Waals surface area (Å²) in [6, 6.07) is 13.9. The molecule has 0 aliphatic carbocycles. The Kier molecular flexibility index (Phi) is 4.99. The second kappa shape index (κ2) is 7.42. The average Bonchev–Trinajstić information content (AvgIpc) is 3.19. The van der Waals surface area contributed by atoms with Gasteiger partial charge in [0.15, 0.2) is 0 Å². The van der Waals surface area contributed by atoms with E-state index in [0.29, 0.717) is 18.0 Å². The van der Waals surface area contributed by atoms with Gasteiger partial charge in [-0.2, -0.15) is 4.31 Å². The van der Waals surface area contributed by atoms with Crippen LogP contribution in [0.15, 0.2) is 58.8 Å². The second-order valence-electron chi connectivity index (χ2n) is 6.57. The molecule has 1 fully saturated rings. The number of phenolic OH excluding ortho intramolecular Hbond substituents is 1. The fourth-order valence-electron chi connectivity index (χ4n) is 3.19. The summed E-state index contributed by atoms with van der Waals surface area (Å²) in [6.07, 6.45) is 2.95. The van der Waals surface area contributed by atoms with E-state index in [1.54, 1.807) is 28.6 Å². The molecule has 0 bridgehead atoms. The minimum absolute atomic E-state index is 0.223. The minimum Gasteiger partial charge on any atom is -0.508 e. The number of thiazole rings is 1. The number of hydrogen-bond donors (Lipinski definition) is 1. The molecule has 0 atom stereocenters. The van der Waals surface area contributed by atoms with Crippen molar-refractivity contribution < 1.29 is 13.5 Å². The van der Waals surface area contributed by atoms with Crippen LogP contribution in [0.3, 0.4) is 0 Å². The molecule has 140 valence electrons. The summed E-state index contributed by atoms with van der Waals surface area (Å²) in [5, 5.41) is 12.2. The Balaban J connectivity index is 1.57. The first-order valence-corrected chi connectivity index (χ1v) is 11.2. The predicted octanol–water partition coefficient (Wildman–Crippen LogP) is 4.36. The van der Waals surface area contributed by atoms with E-state index in [9.17, 15) is 13.5 Å². The normalized spacial score (nSPS) is 15.7. The van der Waals surface area contributed by atoms with Gasteiger partial charge in [0.05, 0.1) is 10.6 Å². The molecular formula is C20H20N2O3S2. The lowest BCUT2D eigenvalue weighted by atomic mass is 10.2. The second-order valence-corrected chi connectivity index (χ2v) is 9.37. The maximum absolute atomic E-state index is 12.7. The van der Waals surface area contributed by atoms with Crippen molar-refractivity contribution in [1.82, 2.24) is 9.29 Å². The van der Waals surface area contributed by atoms with Crippen molar-refractivity contribution in [3.63, 3.8) is 0 Å². The van der Waals surface area contributed by atoms with Crippen LogP contribution in [0.4, 0.5) is 0 Å². The zero-order valence-corrected chi connectivity index (χ0v) is 16.3. The summed E-state index contributed by atoms with van der Waals surface area (Å²) >= 11 is 1.52. The SMILES string of the molecule is O=S(=O)(c1ccc(-c2csc(-c3ccc(O)cc3)n2)cc1)N1CCCCC1. The van der Waals surface area contributed by atoms with Crippen LogP contribution in [0, 0.1) is 0 Å². The Hall–Kier alpha value is -2.22. The van der Waals surface area contributed by atoms with E-state index in [-0.39, 0.29) is 5.75 Å². The molecular weight excluding hydrogens is 380 g/mol. The topological polar surface area (TPSA) is 70.5 Å². The highest BCUT2D eigenvalue weighted by molar-refractivity contribution is 7.89. The number of hydrogen-bond acceptors (Lipinski definition) is 5. The van der Waals surface area contributed by atoms with E-state index < -0.39 is 10.0 Å². The number of benzene rings is 2. The third-order valence-electron chi connectivity index (χ3n) is 4.72. The first kappa shape index (κ1) is 18.2. The van der Waals surface area contributed by atoms with Gasteiger partial charge in [0.2, 0.25) is 10.0 Å². The van der Waals surface area contributed by atoms with Crippen LogP contribution in [0.5, 0.6) is 5.75 Å². The largest absolute Gasteiger partial charge is 0.508 e. The van der Waals surface area contributed by atoms with E-state index >= 15 is 0 Å². The summed E-state index contributed by atoms with van der Waals surface area (Å²) in [5.74, 6) is 0.223. The van der Waals surface area contributed by atoms with Gasteiger partial charge in [-0.3, -0.25) is 0 Å². The zero-order valence-electron chi connectivity index (χ0n) is 14.7. The lowest BCUT2D eigenvalue weighted by Gasteiger charge is -2.25. The summed E-state index contributed by atoms with van der Waals surface area (Å²) in [4.78, 5) is 4.97. The molecule has 1 aliphatic rings. The van der Waals surface area contributed by atoms with Gasteiger partial charge in [-0.05, 0) is 49.2 Å². The first-order chi connectivity index (χ1) is 13.0. The van der Waals surface area contributed by atoms with E-state index in [1.807, 2.05) is 29.6 Å². The molecule has 0 spiro atoms. The molecule has 0 radical (unpaired) electrons. The molecule has 1 N–H and O–H groups in total. The molecule has 7 heteroatoms. The number of aromatic hydroxyl groups is 1. The minimum atomic E-state index is -3.41. The number of phenols is 1.